The summed E-state index contributed by atoms with van der Waals surface area (Å²) in [6, 6.07) is 6.36. The zero-order valence-corrected chi connectivity index (χ0v) is 20.8. The fraction of sp³-hybridized carbons (Fsp3) is 0.615. The molecule has 2 aromatic rings. The molecular weight excluding hydrogens is 404 g/mol. The summed E-state index contributed by atoms with van der Waals surface area (Å²) in [7, 11) is 0. The van der Waals surface area contributed by atoms with Crippen molar-refractivity contribution in [1.29, 1.82) is 0 Å². The maximum atomic E-state index is 12.8. The minimum absolute atomic E-state index is 0.233. The molecule has 1 aromatic carbocycles. The molecule has 6 heteroatoms. The van der Waals surface area contributed by atoms with E-state index in [1.165, 1.54) is 5.56 Å². The molecule has 6 nitrogen and oxygen atoms in total. The fourth-order valence-corrected chi connectivity index (χ4v) is 4.17. The molecule has 1 amide bonds. The molecule has 0 spiro atoms. The van der Waals surface area contributed by atoms with E-state index in [0.29, 0.717) is 19.0 Å². The minimum atomic E-state index is -0.548. The van der Waals surface area contributed by atoms with Crippen LogP contribution in [0.25, 0.3) is 10.9 Å². The highest BCUT2D eigenvalue weighted by atomic mass is 16.6. The third kappa shape index (κ3) is 5.64. The molecule has 1 fully saturated rings. The highest BCUT2D eigenvalue weighted by molar-refractivity contribution is 5.93. The standard InChI is InChI=1S/C26H38N2O4/c1-17(2)21-16-28(24(30)32-26(6,7)8)22-10-9-19(15-20(21)22)18-11-13-27(14-12-18)23(29)31-25(3,4)5/h9-10,15-18H,11-14H2,1-8H3. The number of benzene rings is 1. The number of hydrogen-bond acceptors (Lipinski definition) is 4. The lowest BCUT2D eigenvalue weighted by atomic mass is 9.88. The van der Waals surface area contributed by atoms with Crippen LogP contribution in [0.2, 0.25) is 0 Å². The molecule has 0 unspecified atom stereocenters. The predicted molar refractivity (Wildman–Crippen MR) is 127 cm³/mol. The van der Waals surface area contributed by atoms with Crippen LogP contribution >= 0.6 is 0 Å². The topological polar surface area (TPSA) is 60.8 Å². The molecule has 176 valence electrons. The summed E-state index contributed by atoms with van der Waals surface area (Å²) >= 11 is 0. The summed E-state index contributed by atoms with van der Waals surface area (Å²) in [6.07, 6.45) is 3.12. The van der Waals surface area contributed by atoms with Gasteiger partial charge in [-0.3, -0.25) is 4.57 Å². The van der Waals surface area contributed by atoms with Gasteiger partial charge in [0.05, 0.1) is 5.52 Å². The van der Waals surface area contributed by atoms with Gasteiger partial charge in [-0.15, -0.1) is 0 Å². The molecule has 1 aliphatic heterocycles. The molecule has 0 atom stereocenters. The summed E-state index contributed by atoms with van der Waals surface area (Å²) in [5.41, 5.74) is 2.24. The molecule has 1 aliphatic rings. The summed E-state index contributed by atoms with van der Waals surface area (Å²) in [4.78, 5) is 27.0. The molecule has 0 bridgehead atoms. The second-order valence-corrected chi connectivity index (χ2v) is 11.1. The van der Waals surface area contributed by atoms with Gasteiger partial charge in [-0.25, -0.2) is 9.59 Å². The summed E-state index contributed by atoms with van der Waals surface area (Å²) in [5.74, 6) is 0.661. The number of ether oxygens (including phenoxy) is 2. The number of piperidine rings is 1. The van der Waals surface area contributed by atoms with Gasteiger partial charge in [0.2, 0.25) is 0 Å². The van der Waals surface area contributed by atoms with Gasteiger partial charge in [-0.05, 0) is 89.5 Å². The first-order valence-corrected chi connectivity index (χ1v) is 11.6. The smallest absolute Gasteiger partial charge is 0.419 e. The number of rotatable bonds is 2. The van der Waals surface area contributed by atoms with Crippen molar-refractivity contribution in [3.8, 4) is 0 Å². The average molecular weight is 443 g/mol. The van der Waals surface area contributed by atoms with Crippen LogP contribution in [0.4, 0.5) is 9.59 Å². The molecular formula is C26H38N2O4. The van der Waals surface area contributed by atoms with E-state index in [4.69, 9.17) is 9.47 Å². The lowest BCUT2D eigenvalue weighted by Gasteiger charge is -2.33. The Morgan fingerprint density at radius 1 is 0.938 bits per heavy atom. The van der Waals surface area contributed by atoms with E-state index in [2.05, 4.69) is 26.0 Å². The fourth-order valence-electron chi connectivity index (χ4n) is 4.17. The van der Waals surface area contributed by atoms with Crippen molar-refractivity contribution >= 4 is 23.1 Å². The maximum Gasteiger partial charge on any atom is 0.419 e. The SMILES string of the molecule is CC(C)c1cn(C(=O)OC(C)(C)C)c2ccc(C3CCN(C(=O)OC(C)(C)C)CC3)cc12. The Morgan fingerprint density at radius 3 is 2.03 bits per heavy atom. The van der Waals surface area contributed by atoms with Gasteiger partial charge in [0, 0.05) is 24.7 Å². The lowest BCUT2D eigenvalue weighted by molar-refractivity contribution is 0.0204. The van der Waals surface area contributed by atoms with Crippen molar-refractivity contribution in [3.05, 3.63) is 35.5 Å². The largest absolute Gasteiger partial charge is 0.444 e. The van der Waals surface area contributed by atoms with Gasteiger partial charge < -0.3 is 14.4 Å². The number of fused-ring (bicyclic) bond motifs is 1. The predicted octanol–water partition coefficient (Wildman–Crippen LogP) is 6.66. The zero-order valence-electron chi connectivity index (χ0n) is 20.8. The van der Waals surface area contributed by atoms with E-state index in [0.717, 1.165) is 29.3 Å². The van der Waals surface area contributed by atoms with Gasteiger partial charge in [0.15, 0.2) is 0 Å². The van der Waals surface area contributed by atoms with Crippen LogP contribution < -0.4 is 0 Å². The van der Waals surface area contributed by atoms with Gasteiger partial charge in [0.1, 0.15) is 11.2 Å². The first-order valence-electron chi connectivity index (χ1n) is 11.6. The summed E-state index contributed by atoms with van der Waals surface area (Å²) < 4.78 is 12.8. The van der Waals surface area contributed by atoms with Gasteiger partial charge >= 0.3 is 12.2 Å². The molecule has 2 heterocycles. The normalized spacial score (nSPS) is 16.0. The Bertz CT molecular complexity index is 984. The number of aromatic nitrogens is 1. The third-order valence-electron chi connectivity index (χ3n) is 5.69. The maximum absolute atomic E-state index is 12.8. The second-order valence-electron chi connectivity index (χ2n) is 11.1. The van der Waals surface area contributed by atoms with Crippen molar-refractivity contribution < 1.29 is 19.1 Å². The van der Waals surface area contributed by atoms with E-state index < -0.39 is 11.2 Å². The Kier molecular flexibility index (Phi) is 6.64. The van der Waals surface area contributed by atoms with Crippen molar-refractivity contribution in [2.24, 2.45) is 0 Å². The Balaban J connectivity index is 1.82. The van der Waals surface area contributed by atoms with E-state index >= 15 is 0 Å². The van der Waals surface area contributed by atoms with Crippen molar-refractivity contribution in [2.75, 3.05) is 13.1 Å². The molecule has 0 aliphatic carbocycles. The molecule has 0 N–H and O–H groups in total. The van der Waals surface area contributed by atoms with Gasteiger partial charge in [-0.1, -0.05) is 19.9 Å². The van der Waals surface area contributed by atoms with Crippen molar-refractivity contribution in [3.63, 3.8) is 0 Å². The number of carbonyl (C=O) groups is 2. The minimum Gasteiger partial charge on any atom is -0.444 e. The van der Waals surface area contributed by atoms with Crippen LogP contribution in [0.15, 0.2) is 24.4 Å². The Hall–Kier alpha value is -2.50. The van der Waals surface area contributed by atoms with Gasteiger partial charge in [-0.2, -0.15) is 0 Å². The second kappa shape index (κ2) is 8.80. The van der Waals surface area contributed by atoms with Crippen LogP contribution in [0.3, 0.4) is 0 Å². The number of hydrogen-bond donors (Lipinski definition) is 0. The number of amides is 1. The van der Waals surface area contributed by atoms with Crippen LogP contribution in [0.1, 0.15) is 91.2 Å². The van der Waals surface area contributed by atoms with Crippen LogP contribution in [-0.2, 0) is 9.47 Å². The van der Waals surface area contributed by atoms with Crippen LogP contribution in [-0.4, -0.2) is 45.9 Å². The van der Waals surface area contributed by atoms with Gasteiger partial charge in [0.25, 0.3) is 0 Å². The van der Waals surface area contributed by atoms with Crippen molar-refractivity contribution in [1.82, 2.24) is 9.47 Å². The number of carbonyl (C=O) groups excluding carboxylic acids is 2. The highest BCUT2D eigenvalue weighted by Crippen LogP contribution is 2.34. The zero-order chi connectivity index (χ0) is 23.8. The lowest BCUT2D eigenvalue weighted by Crippen LogP contribution is -2.41. The first kappa shape index (κ1) is 24.1. The van der Waals surface area contributed by atoms with Crippen LogP contribution in [0, 0.1) is 0 Å². The number of likely N-dealkylation sites (tertiary alicyclic amines) is 1. The summed E-state index contributed by atoms with van der Waals surface area (Å²) in [6.45, 7) is 17.0. The Morgan fingerprint density at radius 2 is 1.50 bits per heavy atom. The first-order chi connectivity index (χ1) is 14.7. The van der Waals surface area contributed by atoms with Crippen molar-refractivity contribution in [2.45, 2.75) is 91.3 Å². The molecule has 1 saturated heterocycles. The number of nitrogens with zero attached hydrogens (tertiary/aromatic N) is 2. The molecule has 1 aromatic heterocycles. The molecule has 0 saturated carbocycles. The molecule has 0 radical (unpaired) electrons. The summed E-state index contributed by atoms with van der Waals surface area (Å²) in [5, 5.41) is 1.10. The Labute approximate surface area is 191 Å². The molecule has 3 rings (SSSR count). The third-order valence-corrected chi connectivity index (χ3v) is 5.69. The average Bonchev–Trinajstić information content (AvgIpc) is 3.04. The highest BCUT2D eigenvalue weighted by Gasteiger charge is 2.28. The van der Waals surface area contributed by atoms with E-state index in [1.54, 1.807) is 9.47 Å². The molecule has 32 heavy (non-hydrogen) atoms. The van der Waals surface area contributed by atoms with E-state index in [1.807, 2.05) is 53.8 Å². The van der Waals surface area contributed by atoms with E-state index in [9.17, 15) is 9.59 Å². The van der Waals surface area contributed by atoms with E-state index in [-0.39, 0.29) is 18.1 Å². The quantitative estimate of drug-likeness (QED) is 0.521. The van der Waals surface area contributed by atoms with Crippen LogP contribution in [0.5, 0.6) is 0 Å². The monoisotopic (exact) mass is 442 g/mol.